The molecule has 0 spiro atoms. The lowest BCUT2D eigenvalue weighted by Gasteiger charge is -2.09. The average molecular weight is 260 g/mol. The van der Waals surface area contributed by atoms with Gasteiger partial charge in [0.25, 0.3) is 0 Å². The fourth-order valence-electron chi connectivity index (χ4n) is 1.82. The number of carbonyl (C=O) groups is 1. The minimum absolute atomic E-state index is 0.260. The number of fused-ring (bicyclic) bond motifs is 1. The molecule has 7 nitrogen and oxygen atoms in total. The van der Waals surface area contributed by atoms with Crippen LogP contribution in [-0.2, 0) is 6.54 Å². The SMILES string of the molecule is CCn1cc(C(=O)O)c(=O)c2ccc(/C=N/N)nc21. The van der Waals surface area contributed by atoms with Gasteiger partial charge in [0.05, 0.1) is 17.3 Å². The van der Waals surface area contributed by atoms with Crippen molar-refractivity contribution < 1.29 is 9.90 Å². The van der Waals surface area contributed by atoms with Crippen molar-refractivity contribution in [3.8, 4) is 0 Å². The minimum Gasteiger partial charge on any atom is -0.477 e. The standard InChI is InChI=1S/C12H12N4O3/c1-2-16-6-9(12(18)19)10(17)8-4-3-7(5-14-13)15-11(8)16/h3-6H,2,13H2,1H3,(H,18,19)/b14-5+. The molecule has 0 aliphatic heterocycles. The van der Waals surface area contributed by atoms with E-state index < -0.39 is 11.4 Å². The predicted octanol–water partition coefficient (Wildman–Crippen LogP) is 0.407. The molecule has 3 N–H and O–H groups in total. The van der Waals surface area contributed by atoms with Crippen LogP contribution in [0, 0.1) is 0 Å². The van der Waals surface area contributed by atoms with Crippen LogP contribution in [0.25, 0.3) is 11.0 Å². The molecule has 2 aromatic rings. The normalized spacial score (nSPS) is 11.2. The number of rotatable bonds is 3. The molecular weight excluding hydrogens is 248 g/mol. The molecule has 0 bridgehead atoms. The van der Waals surface area contributed by atoms with Gasteiger partial charge < -0.3 is 15.5 Å². The molecule has 0 radical (unpaired) electrons. The maximum absolute atomic E-state index is 12.0. The first-order valence-electron chi connectivity index (χ1n) is 5.59. The largest absolute Gasteiger partial charge is 0.477 e. The maximum atomic E-state index is 12.0. The van der Waals surface area contributed by atoms with Gasteiger partial charge in [-0.1, -0.05) is 0 Å². The number of hydrogen-bond donors (Lipinski definition) is 2. The number of carboxylic acid groups (broad SMARTS) is 1. The van der Waals surface area contributed by atoms with Gasteiger partial charge in [-0.3, -0.25) is 4.79 Å². The number of aromatic nitrogens is 2. The summed E-state index contributed by atoms with van der Waals surface area (Å²) in [5, 5.41) is 12.6. The highest BCUT2D eigenvalue weighted by molar-refractivity contribution is 5.92. The monoisotopic (exact) mass is 260 g/mol. The Morgan fingerprint density at radius 2 is 2.32 bits per heavy atom. The summed E-state index contributed by atoms with van der Waals surface area (Å²) in [6.07, 6.45) is 2.65. The van der Waals surface area contributed by atoms with Crippen LogP contribution in [0.15, 0.2) is 28.2 Å². The second-order valence-electron chi connectivity index (χ2n) is 3.85. The van der Waals surface area contributed by atoms with Crippen molar-refractivity contribution in [1.29, 1.82) is 0 Å². The van der Waals surface area contributed by atoms with Gasteiger partial charge in [0.1, 0.15) is 11.2 Å². The minimum atomic E-state index is -1.25. The molecule has 0 unspecified atom stereocenters. The van der Waals surface area contributed by atoms with E-state index in [4.69, 9.17) is 10.9 Å². The van der Waals surface area contributed by atoms with Gasteiger partial charge in [0, 0.05) is 12.7 Å². The van der Waals surface area contributed by atoms with Crippen molar-refractivity contribution in [2.24, 2.45) is 10.9 Å². The number of aryl methyl sites for hydroxylation is 1. The van der Waals surface area contributed by atoms with E-state index in [1.54, 1.807) is 10.6 Å². The van der Waals surface area contributed by atoms with Crippen molar-refractivity contribution in [2.75, 3.05) is 0 Å². The van der Waals surface area contributed by atoms with Crippen LogP contribution in [0.3, 0.4) is 0 Å². The summed E-state index contributed by atoms with van der Waals surface area (Å²) in [5.74, 6) is 3.80. The van der Waals surface area contributed by atoms with E-state index in [0.717, 1.165) is 0 Å². The second-order valence-corrected chi connectivity index (χ2v) is 3.85. The first kappa shape index (κ1) is 12.7. The lowest BCUT2D eigenvalue weighted by atomic mass is 10.2. The molecule has 0 aliphatic rings. The smallest absolute Gasteiger partial charge is 0.341 e. The van der Waals surface area contributed by atoms with E-state index in [-0.39, 0.29) is 10.9 Å². The Hall–Kier alpha value is -2.70. The van der Waals surface area contributed by atoms with E-state index in [1.807, 2.05) is 6.92 Å². The third-order valence-corrected chi connectivity index (χ3v) is 2.72. The highest BCUT2D eigenvalue weighted by Gasteiger charge is 2.14. The number of nitrogens with two attached hydrogens (primary N) is 1. The molecule has 19 heavy (non-hydrogen) atoms. The lowest BCUT2D eigenvalue weighted by Crippen LogP contribution is -2.19. The molecule has 2 rings (SSSR count). The highest BCUT2D eigenvalue weighted by Crippen LogP contribution is 2.10. The molecular formula is C12H12N4O3. The van der Waals surface area contributed by atoms with E-state index in [1.165, 1.54) is 18.5 Å². The van der Waals surface area contributed by atoms with Crippen molar-refractivity contribution in [3.63, 3.8) is 0 Å². The summed E-state index contributed by atoms with van der Waals surface area (Å²) in [6.45, 7) is 2.33. The van der Waals surface area contributed by atoms with Crippen LogP contribution >= 0.6 is 0 Å². The number of nitrogens with zero attached hydrogens (tertiary/aromatic N) is 3. The third kappa shape index (κ3) is 2.17. The van der Waals surface area contributed by atoms with E-state index in [0.29, 0.717) is 17.9 Å². The summed E-state index contributed by atoms with van der Waals surface area (Å²) in [7, 11) is 0. The van der Waals surface area contributed by atoms with Crippen molar-refractivity contribution in [1.82, 2.24) is 9.55 Å². The van der Waals surface area contributed by atoms with E-state index in [9.17, 15) is 9.59 Å². The number of hydrogen-bond acceptors (Lipinski definition) is 5. The van der Waals surface area contributed by atoms with Crippen LogP contribution < -0.4 is 11.3 Å². The number of pyridine rings is 2. The van der Waals surface area contributed by atoms with E-state index in [2.05, 4.69) is 10.1 Å². The van der Waals surface area contributed by atoms with Gasteiger partial charge in [-0.2, -0.15) is 5.10 Å². The zero-order valence-corrected chi connectivity index (χ0v) is 10.2. The summed E-state index contributed by atoms with van der Waals surface area (Å²) < 4.78 is 1.61. The van der Waals surface area contributed by atoms with Crippen LogP contribution in [-0.4, -0.2) is 26.8 Å². The highest BCUT2D eigenvalue weighted by atomic mass is 16.4. The van der Waals surface area contributed by atoms with Crippen molar-refractivity contribution >= 4 is 23.2 Å². The molecule has 98 valence electrons. The van der Waals surface area contributed by atoms with E-state index >= 15 is 0 Å². The molecule has 0 atom stereocenters. The summed E-state index contributed by atoms with van der Waals surface area (Å²) >= 11 is 0. The number of carboxylic acids is 1. The van der Waals surface area contributed by atoms with Gasteiger partial charge in [0.2, 0.25) is 5.43 Å². The Morgan fingerprint density at radius 3 is 2.89 bits per heavy atom. The van der Waals surface area contributed by atoms with Gasteiger partial charge in [-0.25, -0.2) is 9.78 Å². The van der Waals surface area contributed by atoms with Gasteiger partial charge in [-0.15, -0.1) is 0 Å². The summed E-state index contributed by atoms with van der Waals surface area (Å²) in [4.78, 5) is 27.3. The zero-order valence-electron chi connectivity index (χ0n) is 10.2. The van der Waals surface area contributed by atoms with Gasteiger partial charge in [-0.05, 0) is 19.1 Å². The van der Waals surface area contributed by atoms with Crippen molar-refractivity contribution in [3.05, 3.63) is 39.8 Å². The molecule has 0 saturated heterocycles. The lowest BCUT2D eigenvalue weighted by molar-refractivity contribution is 0.0695. The Balaban J connectivity index is 2.86. The van der Waals surface area contributed by atoms with Gasteiger partial charge in [0.15, 0.2) is 0 Å². The van der Waals surface area contributed by atoms with Gasteiger partial charge >= 0.3 is 5.97 Å². The summed E-state index contributed by atoms with van der Waals surface area (Å²) in [5.41, 5.74) is 0.0990. The van der Waals surface area contributed by atoms with Crippen LogP contribution in [0.2, 0.25) is 0 Å². The zero-order chi connectivity index (χ0) is 14.0. The number of hydrazone groups is 1. The summed E-state index contributed by atoms with van der Waals surface area (Å²) in [6, 6.07) is 3.09. The van der Waals surface area contributed by atoms with Crippen LogP contribution in [0.4, 0.5) is 0 Å². The fourth-order valence-corrected chi connectivity index (χ4v) is 1.82. The first-order valence-corrected chi connectivity index (χ1v) is 5.59. The Morgan fingerprint density at radius 1 is 1.58 bits per heavy atom. The van der Waals surface area contributed by atoms with Crippen molar-refractivity contribution in [2.45, 2.75) is 13.5 Å². The predicted molar refractivity (Wildman–Crippen MR) is 70.4 cm³/mol. The molecule has 0 fully saturated rings. The average Bonchev–Trinajstić information content (AvgIpc) is 2.39. The Bertz CT molecular complexity index is 734. The molecule has 0 aliphatic carbocycles. The topological polar surface area (TPSA) is 111 Å². The molecule has 0 amide bonds. The Kier molecular flexibility index (Phi) is 3.28. The fraction of sp³-hybridized carbons (Fsp3) is 0.167. The van der Waals surface area contributed by atoms with Crippen LogP contribution in [0.5, 0.6) is 0 Å². The molecule has 2 heterocycles. The maximum Gasteiger partial charge on any atom is 0.341 e. The molecule has 2 aromatic heterocycles. The number of aromatic carboxylic acids is 1. The second kappa shape index (κ2) is 4.89. The molecule has 0 saturated carbocycles. The quantitative estimate of drug-likeness (QED) is 0.471. The molecule has 7 heteroatoms. The first-order chi connectivity index (χ1) is 9.08. The van der Waals surface area contributed by atoms with Crippen LogP contribution in [0.1, 0.15) is 23.0 Å². The Labute approximate surface area is 108 Å². The third-order valence-electron chi connectivity index (χ3n) is 2.72. The molecule has 0 aromatic carbocycles.